The first-order chi connectivity index (χ1) is 9.33. The minimum atomic E-state index is 0.827. The average Bonchev–Trinajstić information content (AvgIpc) is 2.47. The van der Waals surface area contributed by atoms with E-state index in [-0.39, 0.29) is 0 Å². The minimum absolute atomic E-state index is 0.827. The van der Waals surface area contributed by atoms with Crippen LogP contribution in [-0.4, -0.2) is 0 Å². The summed E-state index contributed by atoms with van der Waals surface area (Å²) in [4.78, 5) is 0. The molecule has 0 amide bonds. The predicted molar refractivity (Wildman–Crippen MR) is 84.4 cm³/mol. The van der Waals surface area contributed by atoms with Gasteiger partial charge in [0.15, 0.2) is 0 Å². The Morgan fingerprint density at radius 2 is 1.68 bits per heavy atom. The van der Waals surface area contributed by atoms with Crippen molar-refractivity contribution in [2.75, 3.05) is 0 Å². The predicted octanol–water partition coefficient (Wildman–Crippen LogP) is 6.11. The van der Waals surface area contributed by atoms with Crippen molar-refractivity contribution < 1.29 is 0 Å². The molecule has 0 spiro atoms. The van der Waals surface area contributed by atoms with Crippen LogP contribution in [0.4, 0.5) is 0 Å². The lowest BCUT2D eigenvalue weighted by Gasteiger charge is -2.29. The van der Waals surface area contributed by atoms with Gasteiger partial charge in [-0.15, -0.1) is 0 Å². The van der Waals surface area contributed by atoms with Gasteiger partial charge in [-0.3, -0.25) is 0 Å². The van der Waals surface area contributed by atoms with E-state index < -0.39 is 0 Å². The first-order valence-corrected chi connectivity index (χ1v) is 8.26. The van der Waals surface area contributed by atoms with Crippen LogP contribution in [-0.2, 0) is 0 Å². The maximum atomic E-state index is 2.36. The highest BCUT2D eigenvalue weighted by Gasteiger charge is 2.21. The molecule has 1 radical (unpaired) electrons. The van der Waals surface area contributed by atoms with Crippen molar-refractivity contribution in [3.8, 4) is 0 Å². The molecule has 1 aromatic rings. The topological polar surface area (TPSA) is 0 Å². The minimum Gasteiger partial charge on any atom is -0.0654 e. The molecule has 0 unspecified atom stereocenters. The maximum absolute atomic E-state index is 2.36. The summed E-state index contributed by atoms with van der Waals surface area (Å²) in [5, 5.41) is 0. The second-order valence-corrected chi connectivity index (χ2v) is 6.14. The van der Waals surface area contributed by atoms with Gasteiger partial charge in [0.05, 0.1) is 0 Å². The Kier molecular flexibility index (Phi) is 5.94. The fraction of sp³-hybridized carbons (Fsp3) is 0.632. The Balaban J connectivity index is 1.83. The summed E-state index contributed by atoms with van der Waals surface area (Å²) < 4.78 is 0. The Morgan fingerprint density at radius 1 is 1.00 bits per heavy atom. The van der Waals surface area contributed by atoms with Gasteiger partial charge in [-0.05, 0) is 61.5 Å². The molecule has 1 aliphatic rings. The van der Waals surface area contributed by atoms with Crippen molar-refractivity contribution in [1.82, 2.24) is 0 Å². The molecule has 0 bridgehead atoms. The fourth-order valence-corrected chi connectivity index (χ4v) is 3.42. The lowest BCUT2D eigenvalue weighted by atomic mass is 9.77. The molecular formula is C19H29. The first kappa shape index (κ1) is 14.6. The number of hydrogen-bond donors (Lipinski definition) is 0. The van der Waals surface area contributed by atoms with E-state index in [1.165, 1.54) is 50.5 Å². The van der Waals surface area contributed by atoms with Crippen molar-refractivity contribution in [3.63, 3.8) is 0 Å². The van der Waals surface area contributed by atoms with Crippen LogP contribution in [0.3, 0.4) is 0 Å². The summed E-state index contributed by atoms with van der Waals surface area (Å²) in [6.45, 7) is 4.51. The van der Waals surface area contributed by atoms with Crippen LogP contribution in [0, 0.1) is 12.3 Å². The molecule has 1 aromatic carbocycles. The highest BCUT2D eigenvalue weighted by atomic mass is 14.3. The van der Waals surface area contributed by atoms with Crippen molar-refractivity contribution in [1.29, 1.82) is 0 Å². The number of benzene rings is 1. The first-order valence-electron chi connectivity index (χ1n) is 8.26. The number of rotatable bonds is 6. The van der Waals surface area contributed by atoms with Gasteiger partial charge in [0, 0.05) is 0 Å². The lowest BCUT2D eigenvalue weighted by molar-refractivity contribution is 0.304. The summed E-state index contributed by atoms with van der Waals surface area (Å²) in [6, 6.07) is 9.31. The molecular weight excluding hydrogens is 228 g/mol. The average molecular weight is 257 g/mol. The van der Waals surface area contributed by atoms with Crippen molar-refractivity contribution in [2.24, 2.45) is 5.92 Å². The Labute approximate surface area is 119 Å². The van der Waals surface area contributed by atoms with E-state index in [1.54, 1.807) is 5.56 Å². The molecule has 0 N–H and O–H groups in total. The molecule has 0 aliphatic heterocycles. The Hall–Kier alpha value is -0.780. The molecule has 0 atom stereocenters. The zero-order valence-electron chi connectivity index (χ0n) is 12.7. The molecule has 0 heteroatoms. The standard InChI is InChI=1S/C19H29/c1-3-5-7-17-10-14-19(15-11-17)18-12-8-16(6-4-2)9-13-18/h6,8-9,12-13,17,19H,3-5,7,10-11,14-15H2,1-2H3. The van der Waals surface area contributed by atoms with Crippen molar-refractivity contribution in [2.45, 2.75) is 71.1 Å². The van der Waals surface area contributed by atoms with Gasteiger partial charge >= 0.3 is 0 Å². The lowest BCUT2D eigenvalue weighted by Crippen LogP contribution is -2.13. The van der Waals surface area contributed by atoms with Crippen LogP contribution in [0.25, 0.3) is 0 Å². The van der Waals surface area contributed by atoms with E-state index in [4.69, 9.17) is 0 Å². The van der Waals surface area contributed by atoms with Crippen LogP contribution in [0.2, 0.25) is 0 Å². The molecule has 0 saturated heterocycles. The summed E-state index contributed by atoms with van der Waals surface area (Å²) >= 11 is 0. The summed E-state index contributed by atoms with van der Waals surface area (Å²) in [5.74, 6) is 1.84. The van der Waals surface area contributed by atoms with Gasteiger partial charge in [-0.2, -0.15) is 0 Å². The van der Waals surface area contributed by atoms with E-state index in [2.05, 4.69) is 44.5 Å². The van der Waals surface area contributed by atoms with E-state index in [9.17, 15) is 0 Å². The molecule has 1 saturated carbocycles. The summed E-state index contributed by atoms with van der Waals surface area (Å²) in [6.07, 6.45) is 13.4. The summed E-state index contributed by atoms with van der Waals surface area (Å²) in [7, 11) is 0. The number of unbranched alkanes of at least 4 members (excludes halogenated alkanes) is 1. The van der Waals surface area contributed by atoms with E-state index in [1.807, 2.05) is 0 Å². The van der Waals surface area contributed by atoms with Crippen LogP contribution in [0.1, 0.15) is 82.3 Å². The third-order valence-electron chi connectivity index (χ3n) is 4.66. The zero-order valence-corrected chi connectivity index (χ0v) is 12.7. The number of hydrogen-bond acceptors (Lipinski definition) is 0. The Bertz CT molecular complexity index is 341. The fourth-order valence-electron chi connectivity index (χ4n) is 3.42. The Morgan fingerprint density at radius 3 is 2.26 bits per heavy atom. The molecule has 1 aliphatic carbocycles. The normalized spacial score (nSPS) is 23.5. The van der Waals surface area contributed by atoms with Crippen LogP contribution in [0.5, 0.6) is 0 Å². The van der Waals surface area contributed by atoms with Crippen LogP contribution >= 0.6 is 0 Å². The van der Waals surface area contributed by atoms with Crippen LogP contribution in [0.15, 0.2) is 24.3 Å². The quantitative estimate of drug-likeness (QED) is 0.576. The third kappa shape index (κ3) is 4.37. The van der Waals surface area contributed by atoms with Gasteiger partial charge in [0.2, 0.25) is 0 Å². The second-order valence-electron chi connectivity index (χ2n) is 6.14. The van der Waals surface area contributed by atoms with Gasteiger partial charge < -0.3 is 0 Å². The molecule has 105 valence electrons. The summed E-state index contributed by atoms with van der Waals surface area (Å²) in [5.41, 5.74) is 2.95. The van der Waals surface area contributed by atoms with E-state index in [0.29, 0.717) is 0 Å². The smallest absolute Gasteiger partial charge is 0.00958 e. The second kappa shape index (κ2) is 7.72. The molecule has 0 heterocycles. The highest BCUT2D eigenvalue weighted by molar-refractivity contribution is 5.29. The van der Waals surface area contributed by atoms with Crippen LogP contribution < -0.4 is 0 Å². The SMILES string of the molecule is CC[CH]c1ccc(C2CCC(CCCC)CC2)cc1. The third-order valence-corrected chi connectivity index (χ3v) is 4.66. The molecule has 0 nitrogen and oxygen atoms in total. The monoisotopic (exact) mass is 257 g/mol. The van der Waals surface area contributed by atoms with E-state index >= 15 is 0 Å². The van der Waals surface area contributed by atoms with Gasteiger partial charge in [-0.25, -0.2) is 0 Å². The maximum Gasteiger partial charge on any atom is -0.00958 e. The van der Waals surface area contributed by atoms with E-state index in [0.717, 1.165) is 18.3 Å². The van der Waals surface area contributed by atoms with Crippen molar-refractivity contribution in [3.05, 3.63) is 41.8 Å². The molecule has 0 aromatic heterocycles. The molecule has 1 fully saturated rings. The van der Waals surface area contributed by atoms with Gasteiger partial charge in [-0.1, -0.05) is 57.4 Å². The molecule has 19 heavy (non-hydrogen) atoms. The van der Waals surface area contributed by atoms with Gasteiger partial charge in [0.1, 0.15) is 0 Å². The largest absolute Gasteiger partial charge is 0.0654 e. The highest BCUT2D eigenvalue weighted by Crippen LogP contribution is 2.37. The zero-order chi connectivity index (χ0) is 13.5. The molecule has 2 rings (SSSR count). The van der Waals surface area contributed by atoms with Gasteiger partial charge in [0.25, 0.3) is 0 Å². The van der Waals surface area contributed by atoms with Crippen molar-refractivity contribution >= 4 is 0 Å².